The van der Waals surface area contributed by atoms with Gasteiger partial charge >= 0.3 is 0 Å². The van der Waals surface area contributed by atoms with E-state index in [2.05, 4.69) is 32.4 Å². The highest BCUT2D eigenvalue weighted by molar-refractivity contribution is 9.10. The van der Waals surface area contributed by atoms with Crippen LogP contribution in [0.2, 0.25) is 0 Å². The Labute approximate surface area is 105 Å². The molecule has 0 amide bonds. The fraction of sp³-hybridized carbons (Fsp3) is 0.100. The van der Waals surface area contributed by atoms with E-state index in [0.717, 1.165) is 20.8 Å². The summed E-state index contributed by atoms with van der Waals surface area (Å²) >= 11 is 6.93. The predicted octanol–water partition coefficient (Wildman–Crippen LogP) is 3.78. The summed E-state index contributed by atoms with van der Waals surface area (Å²) in [5.41, 5.74) is 6.55. The number of pyridine rings is 1. The quantitative estimate of drug-likeness (QED) is 0.877. The van der Waals surface area contributed by atoms with Gasteiger partial charge in [-0.1, -0.05) is 0 Å². The Balaban J connectivity index is 2.02. The summed E-state index contributed by atoms with van der Waals surface area (Å²) in [4.78, 5) is 6.39. The molecule has 0 aliphatic heterocycles. The normalized spacial score (nSPS) is 10.5. The van der Waals surface area contributed by atoms with E-state index in [0.29, 0.717) is 0 Å². The van der Waals surface area contributed by atoms with E-state index in [9.17, 15) is 0 Å². The summed E-state index contributed by atoms with van der Waals surface area (Å²) in [5.74, 6) is 0.949. The van der Waals surface area contributed by atoms with Crippen LogP contribution in [0.1, 0.15) is 4.88 Å². The lowest BCUT2D eigenvalue weighted by Gasteiger charge is -2.02. The van der Waals surface area contributed by atoms with E-state index in [1.807, 2.05) is 6.07 Å². The van der Waals surface area contributed by atoms with Crippen LogP contribution in [0, 0.1) is 0 Å². The van der Waals surface area contributed by atoms with Crippen LogP contribution in [-0.4, -0.2) is 4.98 Å². The zero-order chi connectivity index (χ0) is 10.7. The number of thiophene rings is 1. The van der Waals surface area contributed by atoms with Crippen molar-refractivity contribution in [3.63, 3.8) is 0 Å². The van der Waals surface area contributed by atoms with Crippen LogP contribution in [0.5, 0.6) is 0 Å². The molecule has 0 bridgehead atoms. The van der Waals surface area contributed by atoms with Crippen molar-refractivity contribution in [2.75, 3.05) is 5.73 Å². The van der Waals surface area contributed by atoms with Gasteiger partial charge in [-0.3, -0.25) is 4.98 Å². The molecule has 0 atom stereocenters. The maximum Gasteiger partial charge on any atom is 0.0638 e. The van der Waals surface area contributed by atoms with E-state index in [-0.39, 0.29) is 0 Å². The van der Waals surface area contributed by atoms with Crippen LogP contribution in [-0.2, 0) is 5.75 Å². The zero-order valence-electron chi connectivity index (χ0n) is 7.81. The highest BCUT2D eigenvalue weighted by Gasteiger charge is 2.02. The van der Waals surface area contributed by atoms with Gasteiger partial charge in [0.1, 0.15) is 0 Å². The Bertz CT molecular complexity index is 456. The van der Waals surface area contributed by atoms with Crippen molar-refractivity contribution < 1.29 is 0 Å². The number of nitrogen functional groups attached to an aromatic ring is 1. The number of rotatable bonds is 3. The SMILES string of the molecule is Nc1cnccc1SCc1cc(Br)cs1. The number of thioether (sulfide) groups is 1. The molecule has 2 aromatic heterocycles. The molecule has 2 N–H and O–H groups in total. The molecule has 0 aliphatic carbocycles. The highest BCUT2D eigenvalue weighted by Crippen LogP contribution is 2.30. The molecule has 15 heavy (non-hydrogen) atoms. The van der Waals surface area contributed by atoms with Gasteiger partial charge in [-0.15, -0.1) is 23.1 Å². The maximum absolute atomic E-state index is 5.80. The monoisotopic (exact) mass is 300 g/mol. The first-order valence-corrected chi connectivity index (χ1v) is 6.97. The molecule has 0 unspecified atom stereocenters. The van der Waals surface area contributed by atoms with Crippen LogP contribution in [0.3, 0.4) is 0 Å². The van der Waals surface area contributed by atoms with Crippen LogP contribution >= 0.6 is 39.0 Å². The summed E-state index contributed by atoms with van der Waals surface area (Å²) in [6.45, 7) is 0. The highest BCUT2D eigenvalue weighted by atomic mass is 79.9. The molecule has 2 nitrogen and oxygen atoms in total. The van der Waals surface area contributed by atoms with Gasteiger partial charge < -0.3 is 5.73 Å². The Kier molecular flexibility index (Phi) is 3.66. The molecule has 5 heteroatoms. The predicted molar refractivity (Wildman–Crippen MR) is 70.2 cm³/mol. The van der Waals surface area contributed by atoms with Gasteiger partial charge in [0.05, 0.1) is 11.9 Å². The third kappa shape index (κ3) is 2.96. The Morgan fingerprint density at radius 3 is 3.07 bits per heavy atom. The summed E-state index contributed by atoms with van der Waals surface area (Å²) in [6, 6.07) is 4.08. The van der Waals surface area contributed by atoms with Crippen LogP contribution < -0.4 is 5.73 Å². The number of hydrogen-bond acceptors (Lipinski definition) is 4. The maximum atomic E-state index is 5.80. The molecule has 0 radical (unpaired) electrons. The number of hydrogen-bond donors (Lipinski definition) is 1. The number of aromatic nitrogens is 1. The number of halogens is 1. The molecular weight excluding hydrogens is 292 g/mol. The van der Waals surface area contributed by atoms with Gasteiger partial charge in [0.15, 0.2) is 0 Å². The largest absolute Gasteiger partial charge is 0.397 e. The second-order valence-corrected chi connectivity index (χ2v) is 5.86. The third-order valence-electron chi connectivity index (χ3n) is 1.80. The molecule has 0 saturated carbocycles. The van der Waals surface area contributed by atoms with E-state index >= 15 is 0 Å². The summed E-state index contributed by atoms with van der Waals surface area (Å²) in [7, 11) is 0. The molecular formula is C10H9BrN2S2. The summed E-state index contributed by atoms with van der Waals surface area (Å²) in [6.07, 6.45) is 3.45. The van der Waals surface area contributed by atoms with Crippen LogP contribution in [0.15, 0.2) is 39.3 Å². The average molecular weight is 301 g/mol. The summed E-state index contributed by atoms with van der Waals surface area (Å²) in [5, 5.41) is 2.09. The minimum absolute atomic E-state index is 0.748. The molecule has 2 aromatic rings. The molecule has 0 spiro atoms. The molecule has 0 fully saturated rings. The number of nitrogens with two attached hydrogens (primary N) is 1. The van der Waals surface area contributed by atoms with Gasteiger partial charge in [0.25, 0.3) is 0 Å². The molecule has 0 saturated heterocycles. The lowest BCUT2D eigenvalue weighted by Crippen LogP contribution is -1.89. The fourth-order valence-corrected chi connectivity index (χ4v) is 3.55. The molecule has 0 aliphatic rings. The van der Waals surface area contributed by atoms with Crippen molar-refractivity contribution >= 4 is 44.7 Å². The van der Waals surface area contributed by atoms with E-state index < -0.39 is 0 Å². The second kappa shape index (κ2) is 5.01. The molecule has 0 aromatic carbocycles. The fourth-order valence-electron chi connectivity index (χ4n) is 1.10. The van der Waals surface area contributed by atoms with Gasteiger partial charge in [-0.2, -0.15) is 0 Å². The third-order valence-corrected chi connectivity index (χ3v) is 4.82. The zero-order valence-corrected chi connectivity index (χ0v) is 11.0. The lowest BCUT2D eigenvalue weighted by molar-refractivity contribution is 1.27. The number of nitrogens with zero attached hydrogens (tertiary/aromatic N) is 1. The average Bonchev–Trinajstić information content (AvgIpc) is 2.63. The first kappa shape index (κ1) is 11.0. The van der Waals surface area contributed by atoms with Crippen molar-refractivity contribution in [3.05, 3.63) is 39.3 Å². The molecule has 2 rings (SSSR count). The van der Waals surface area contributed by atoms with Crippen molar-refractivity contribution in [2.24, 2.45) is 0 Å². The van der Waals surface area contributed by atoms with Crippen LogP contribution in [0.25, 0.3) is 0 Å². The minimum atomic E-state index is 0.748. The molecule has 78 valence electrons. The van der Waals surface area contributed by atoms with Crippen molar-refractivity contribution in [3.8, 4) is 0 Å². The lowest BCUT2D eigenvalue weighted by atomic mass is 10.4. The first-order chi connectivity index (χ1) is 7.25. The van der Waals surface area contributed by atoms with E-state index in [1.165, 1.54) is 4.88 Å². The van der Waals surface area contributed by atoms with Gasteiger partial charge in [0.2, 0.25) is 0 Å². The van der Waals surface area contributed by atoms with E-state index in [4.69, 9.17) is 5.73 Å². The standard InChI is InChI=1S/C10H9BrN2S2/c11-7-3-8(14-5-7)6-15-10-1-2-13-4-9(10)12/h1-5H,6,12H2. The van der Waals surface area contributed by atoms with Gasteiger partial charge in [-0.05, 0) is 28.1 Å². The Hall–Kier alpha value is -0.520. The van der Waals surface area contributed by atoms with Crippen LogP contribution in [0.4, 0.5) is 5.69 Å². The van der Waals surface area contributed by atoms with Crippen molar-refractivity contribution in [2.45, 2.75) is 10.6 Å². The Morgan fingerprint density at radius 1 is 1.53 bits per heavy atom. The summed E-state index contributed by atoms with van der Waals surface area (Å²) < 4.78 is 1.14. The number of anilines is 1. The smallest absolute Gasteiger partial charge is 0.0638 e. The van der Waals surface area contributed by atoms with Crippen molar-refractivity contribution in [1.29, 1.82) is 0 Å². The topological polar surface area (TPSA) is 38.9 Å². The van der Waals surface area contributed by atoms with Gasteiger partial charge in [0, 0.05) is 31.6 Å². The minimum Gasteiger partial charge on any atom is -0.397 e. The van der Waals surface area contributed by atoms with E-state index in [1.54, 1.807) is 35.5 Å². The second-order valence-electron chi connectivity index (χ2n) is 2.93. The van der Waals surface area contributed by atoms with Crippen molar-refractivity contribution in [1.82, 2.24) is 4.98 Å². The Morgan fingerprint density at radius 2 is 2.40 bits per heavy atom. The first-order valence-electron chi connectivity index (χ1n) is 4.31. The van der Waals surface area contributed by atoms with Gasteiger partial charge in [-0.25, -0.2) is 0 Å². The molecule has 2 heterocycles.